The van der Waals surface area contributed by atoms with Crippen LogP contribution in [0.15, 0.2) is 41.4 Å². The zero-order valence-corrected chi connectivity index (χ0v) is 20.4. The molecule has 0 fully saturated rings. The molecule has 0 radical (unpaired) electrons. The van der Waals surface area contributed by atoms with Crippen molar-refractivity contribution in [2.45, 2.75) is 19.7 Å². The van der Waals surface area contributed by atoms with E-state index in [9.17, 15) is 13.6 Å². The SMILES string of the molecule is CN=C(NCc1ccc(OC)c(C(=O)OC)c1)NCc1cc(OC)ccc1OC(F)F.I. The first kappa shape index (κ1) is 27.2. The number of nitrogens with zero attached hydrogens (tertiary/aromatic N) is 1. The zero-order valence-electron chi connectivity index (χ0n) is 18.1. The summed E-state index contributed by atoms with van der Waals surface area (Å²) in [7, 11) is 5.82. The van der Waals surface area contributed by atoms with Crippen LogP contribution in [0.5, 0.6) is 17.2 Å². The summed E-state index contributed by atoms with van der Waals surface area (Å²) in [5.41, 5.74) is 1.56. The van der Waals surface area contributed by atoms with Gasteiger partial charge in [0.05, 0.1) is 21.3 Å². The van der Waals surface area contributed by atoms with E-state index in [1.165, 1.54) is 33.5 Å². The molecular formula is C21H26F2IN3O5. The third-order valence-electron chi connectivity index (χ3n) is 4.28. The summed E-state index contributed by atoms with van der Waals surface area (Å²) >= 11 is 0. The number of aliphatic imine (C=N–C) groups is 1. The molecule has 0 aliphatic carbocycles. The molecule has 0 spiro atoms. The van der Waals surface area contributed by atoms with Crippen LogP contribution in [-0.2, 0) is 17.8 Å². The van der Waals surface area contributed by atoms with E-state index >= 15 is 0 Å². The van der Waals surface area contributed by atoms with Gasteiger partial charge in [-0.25, -0.2) is 4.79 Å². The monoisotopic (exact) mass is 565 g/mol. The first-order valence-electron chi connectivity index (χ1n) is 9.23. The Bertz CT molecular complexity index is 928. The Morgan fingerprint density at radius 1 is 1.00 bits per heavy atom. The van der Waals surface area contributed by atoms with Gasteiger partial charge in [-0.2, -0.15) is 8.78 Å². The molecule has 32 heavy (non-hydrogen) atoms. The molecule has 0 saturated heterocycles. The maximum absolute atomic E-state index is 12.7. The van der Waals surface area contributed by atoms with Crippen molar-refractivity contribution in [1.29, 1.82) is 0 Å². The van der Waals surface area contributed by atoms with Crippen LogP contribution in [0.1, 0.15) is 21.5 Å². The van der Waals surface area contributed by atoms with Crippen molar-refractivity contribution < 1.29 is 32.5 Å². The number of methoxy groups -OCH3 is 3. The molecular weight excluding hydrogens is 539 g/mol. The number of guanidine groups is 1. The fourth-order valence-electron chi connectivity index (χ4n) is 2.75. The summed E-state index contributed by atoms with van der Waals surface area (Å²) in [6, 6.07) is 9.68. The summed E-state index contributed by atoms with van der Waals surface area (Å²) in [5.74, 6) is 0.862. The van der Waals surface area contributed by atoms with Crippen molar-refractivity contribution in [2.24, 2.45) is 4.99 Å². The number of nitrogens with one attached hydrogen (secondary N) is 2. The largest absolute Gasteiger partial charge is 0.497 e. The topological polar surface area (TPSA) is 90.4 Å². The molecule has 0 aliphatic rings. The molecule has 176 valence electrons. The molecule has 0 saturated carbocycles. The lowest BCUT2D eigenvalue weighted by Crippen LogP contribution is -2.36. The van der Waals surface area contributed by atoms with Gasteiger partial charge >= 0.3 is 12.6 Å². The van der Waals surface area contributed by atoms with Gasteiger partial charge in [0.2, 0.25) is 0 Å². The Labute approximate surface area is 202 Å². The van der Waals surface area contributed by atoms with Crippen molar-refractivity contribution in [3.05, 3.63) is 53.1 Å². The minimum absolute atomic E-state index is 0. The van der Waals surface area contributed by atoms with Crippen molar-refractivity contribution in [2.75, 3.05) is 28.4 Å². The Kier molecular flexibility index (Phi) is 11.5. The van der Waals surface area contributed by atoms with Crippen LogP contribution in [0.25, 0.3) is 0 Å². The predicted molar refractivity (Wildman–Crippen MR) is 126 cm³/mol. The van der Waals surface area contributed by atoms with Gasteiger partial charge in [0, 0.05) is 25.7 Å². The molecule has 8 nitrogen and oxygen atoms in total. The molecule has 2 N–H and O–H groups in total. The molecule has 0 unspecified atom stereocenters. The van der Waals surface area contributed by atoms with Gasteiger partial charge in [-0.15, -0.1) is 24.0 Å². The quantitative estimate of drug-likeness (QED) is 0.208. The molecule has 0 amide bonds. The number of benzene rings is 2. The number of hydrogen-bond acceptors (Lipinski definition) is 6. The number of rotatable bonds is 9. The van der Waals surface area contributed by atoms with Gasteiger partial charge in [0.25, 0.3) is 0 Å². The first-order chi connectivity index (χ1) is 14.9. The highest BCUT2D eigenvalue weighted by Gasteiger charge is 2.14. The second-order valence-electron chi connectivity index (χ2n) is 6.16. The smallest absolute Gasteiger partial charge is 0.387 e. The number of esters is 1. The van der Waals surface area contributed by atoms with E-state index in [0.29, 0.717) is 35.1 Å². The van der Waals surface area contributed by atoms with Gasteiger partial charge in [-0.05, 0) is 35.9 Å². The lowest BCUT2D eigenvalue weighted by Gasteiger charge is -2.16. The predicted octanol–water partition coefficient (Wildman–Crippen LogP) is 3.58. The molecule has 0 aliphatic heterocycles. The normalized spacial score (nSPS) is 10.8. The Balaban J connectivity index is 0.00000512. The maximum Gasteiger partial charge on any atom is 0.387 e. The van der Waals surface area contributed by atoms with Gasteiger partial charge < -0.3 is 29.6 Å². The lowest BCUT2D eigenvalue weighted by atomic mass is 10.1. The zero-order chi connectivity index (χ0) is 22.8. The van der Waals surface area contributed by atoms with Crippen molar-refractivity contribution >= 4 is 35.9 Å². The highest BCUT2D eigenvalue weighted by atomic mass is 127. The second kappa shape index (κ2) is 13.6. The van der Waals surface area contributed by atoms with Crippen LogP contribution in [0.2, 0.25) is 0 Å². The Hall–Kier alpha value is -2.83. The van der Waals surface area contributed by atoms with E-state index in [4.69, 9.17) is 14.2 Å². The van der Waals surface area contributed by atoms with Crippen molar-refractivity contribution in [3.8, 4) is 17.2 Å². The van der Waals surface area contributed by atoms with Crippen molar-refractivity contribution in [1.82, 2.24) is 10.6 Å². The molecule has 0 aromatic heterocycles. The number of carbonyl (C=O) groups is 1. The highest BCUT2D eigenvalue weighted by Crippen LogP contribution is 2.25. The fourth-order valence-corrected chi connectivity index (χ4v) is 2.75. The third-order valence-corrected chi connectivity index (χ3v) is 4.28. The summed E-state index contributed by atoms with van der Waals surface area (Å²) < 4.78 is 45.0. The summed E-state index contributed by atoms with van der Waals surface area (Å²) in [6.45, 7) is -2.44. The van der Waals surface area contributed by atoms with Gasteiger partial charge in [-0.1, -0.05) is 6.07 Å². The van der Waals surface area contributed by atoms with E-state index in [-0.39, 0.29) is 36.3 Å². The lowest BCUT2D eigenvalue weighted by molar-refractivity contribution is -0.0505. The van der Waals surface area contributed by atoms with E-state index in [0.717, 1.165) is 5.56 Å². The van der Waals surface area contributed by atoms with E-state index in [2.05, 4.69) is 20.4 Å². The number of ether oxygens (including phenoxy) is 4. The number of halogens is 3. The number of alkyl halides is 2. The van der Waals surface area contributed by atoms with E-state index in [1.54, 1.807) is 31.3 Å². The van der Waals surface area contributed by atoms with Crippen LogP contribution in [0.4, 0.5) is 8.78 Å². The van der Waals surface area contributed by atoms with Gasteiger partial charge in [-0.3, -0.25) is 4.99 Å². The van der Waals surface area contributed by atoms with Crippen molar-refractivity contribution in [3.63, 3.8) is 0 Å². The minimum Gasteiger partial charge on any atom is -0.497 e. The molecule has 0 atom stereocenters. The fraction of sp³-hybridized carbons (Fsp3) is 0.333. The third kappa shape index (κ3) is 7.70. The molecule has 0 heterocycles. The van der Waals surface area contributed by atoms with Crippen LogP contribution >= 0.6 is 24.0 Å². The maximum atomic E-state index is 12.7. The molecule has 2 aromatic carbocycles. The standard InChI is InChI=1S/C21H25F2N3O5.HI/c1-24-21(25-11-13-5-7-18(29-3)16(9-13)19(27)30-4)26-12-14-10-15(28-2)6-8-17(14)31-20(22)23;/h5-10,20H,11-12H2,1-4H3,(H2,24,25,26);1H. The van der Waals surface area contributed by atoms with E-state index < -0.39 is 12.6 Å². The van der Waals surface area contributed by atoms with Crippen LogP contribution in [-0.4, -0.2) is 46.9 Å². The van der Waals surface area contributed by atoms with Crippen LogP contribution in [0, 0.1) is 0 Å². The average molecular weight is 565 g/mol. The second-order valence-corrected chi connectivity index (χ2v) is 6.16. The molecule has 2 aromatic rings. The minimum atomic E-state index is -2.94. The van der Waals surface area contributed by atoms with Crippen LogP contribution < -0.4 is 24.8 Å². The molecule has 0 bridgehead atoms. The Morgan fingerprint density at radius 2 is 1.69 bits per heavy atom. The number of hydrogen-bond donors (Lipinski definition) is 2. The average Bonchev–Trinajstić information content (AvgIpc) is 2.78. The molecule has 11 heteroatoms. The number of carbonyl (C=O) groups excluding carboxylic acids is 1. The van der Waals surface area contributed by atoms with Gasteiger partial charge in [0.1, 0.15) is 22.8 Å². The summed E-state index contributed by atoms with van der Waals surface area (Å²) in [4.78, 5) is 16.0. The Morgan fingerprint density at radius 3 is 2.28 bits per heavy atom. The van der Waals surface area contributed by atoms with Gasteiger partial charge in [0.15, 0.2) is 5.96 Å². The molecule has 2 rings (SSSR count). The van der Waals surface area contributed by atoms with Crippen LogP contribution in [0.3, 0.4) is 0 Å². The first-order valence-corrected chi connectivity index (χ1v) is 9.23. The summed E-state index contributed by atoms with van der Waals surface area (Å²) in [5, 5.41) is 6.13. The summed E-state index contributed by atoms with van der Waals surface area (Å²) in [6.07, 6.45) is 0. The van der Waals surface area contributed by atoms with E-state index in [1.807, 2.05) is 0 Å². The highest BCUT2D eigenvalue weighted by molar-refractivity contribution is 14.0.